The van der Waals surface area contributed by atoms with Crippen LogP contribution in [0.4, 0.5) is 8.78 Å². The monoisotopic (exact) mass is 189 g/mol. The number of allylic oxidation sites excluding steroid dienone is 6. The Balaban J connectivity index is 2.47. The fourth-order valence-electron chi connectivity index (χ4n) is 1.27. The van der Waals surface area contributed by atoms with E-state index in [0.717, 1.165) is 6.07 Å². The van der Waals surface area contributed by atoms with Crippen molar-refractivity contribution in [2.45, 2.75) is 0 Å². The van der Waals surface area contributed by atoms with Crippen molar-refractivity contribution in [2.24, 2.45) is 0 Å². The lowest BCUT2D eigenvalue weighted by molar-refractivity contribution is 0.581. The molecule has 68 valence electrons. The van der Waals surface area contributed by atoms with Crippen molar-refractivity contribution in [3.8, 4) is 0 Å². The zero-order valence-corrected chi connectivity index (χ0v) is 7.30. The fraction of sp³-hybridized carbons (Fsp3) is 0. The highest BCUT2D eigenvalue weighted by atomic mass is 19.1. The Hall–Kier alpha value is -1.79. The molecule has 0 aromatic heterocycles. The quantitative estimate of drug-likeness (QED) is 0.595. The zero-order valence-electron chi connectivity index (χ0n) is 7.30. The fourth-order valence-corrected chi connectivity index (χ4v) is 1.27. The first kappa shape index (κ1) is 8.79. The lowest BCUT2D eigenvalue weighted by atomic mass is 10.0. The second-order valence-corrected chi connectivity index (χ2v) is 2.90. The van der Waals surface area contributed by atoms with Crippen LogP contribution < -0.4 is 0 Å². The summed E-state index contributed by atoms with van der Waals surface area (Å²) in [6.45, 7) is 0. The molecule has 0 saturated heterocycles. The molecule has 1 aliphatic rings. The first-order valence-corrected chi connectivity index (χ1v) is 4.19. The van der Waals surface area contributed by atoms with Crippen molar-refractivity contribution >= 4 is 5.57 Å². The molecule has 0 fully saturated rings. The molecule has 0 atom stereocenters. The predicted octanol–water partition coefficient (Wildman–Crippen LogP) is 3.28. The van der Waals surface area contributed by atoms with Gasteiger partial charge in [-0.2, -0.15) is 4.39 Å². The van der Waals surface area contributed by atoms with Crippen LogP contribution in [0.3, 0.4) is 0 Å². The van der Waals surface area contributed by atoms with Crippen LogP contribution >= 0.6 is 0 Å². The Morgan fingerprint density at radius 3 is 2.57 bits per heavy atom. The van der Waals surface area contributed by atoms with Gasteiger partial charge in [-0.15, -0.1) is 0 Å². The van der Waals surface area contributed by atoms with Gasteiger partial charge in [0, 0.05) is 30.4 Å². The third-order valence-electron chi connectivity index (χ3n) is 1.93. The maximum Gasteiger partial charge on any atom is 0.176 e. The summed E-state index contributed by atoms with van der Waals surface area (Å²) in [5.74, 6) is -1.13. The molecule has 0 bridgehead atoms. The summed E-state index contributed by atoms with van der Waals surface area (Å²) in [5.41, 5.74) is 0.997. The summed E-state index contributed by atoms with van der Waals surface area (Å²) in [4.78, 5) is 0. The third kappa shape index (κ3) is 1.61. The Labute approximate surface area is 80.9 Å². The van der Waals surface area contributed by atoms with Gasteiger partial charge in [-0.1, -0.05) is 0 Å². The molecule has 1 aromatic rings. The summed E-state index contributed by atoms with van der Waals surface area (Å²) in [6.07, 6.45) is 9.89. The molecule has 0 aliphatic heterocycles. The summed E-state index contributed by atoms with van der Waals surface area (Å²) in [5, 5.41) is 0. The van der Waals surface area contributed by atoms with Crippen LogP contribution in [0.1, 0.15) is 5.56 Å². The summed E-state index contributed by atoms with van der Waals surface area (Å²) < 4.78 is 25.9. The van der Waals surface area contributed by atoms with Crippen molar-refractivity contribution in [1.82, 2.24) is 0 Å². The van der Waals surface area contributed by atoms with Gasteiger partial charge in [0.05, 0.1) is 6.08 Å². The molecule has 1 aliphatic carbocycles. The van der Waals surface area contributed by atoms with Gasteiger partial charge in [-0.05, 0) is 12.1 Å². The van der Waals surface area contributed by atoms with E-state index in [9.17, 15) is 8.78 Å². The van der Waals surface area contributed by atoms with Gasteiger partial charge in [0.1, 0.15) is 11.4 Å². The SMILES string of the molecule is Fc1ccc(C2=CC=CC=[C+]2)c(F)c1. The molecule has 14 heavy (non-hydrogen) atoms. The lowest BCUT2D eigenvalue weighted by Gasteiger charge is -1.97. The van der Waals surface area contributed by atoms with Crippen molar-refractivity contribution in [1.29, 1.82) is 0 Å². The Morgan fingerprint density at radius 2 is 1.93 bits per heavy atom. The molecular weight excluding hydrogens is 182 g/mol. The van der Waals surface area contributed by atoms with Gasteiger partial charge in [-0.3, -0.25) is 0 Å². The van der Waals surface area contributed by atoms with E-state index in [2.05, 4.69) is 6.08 Å². The normalized spacial score (nSPS) is 13.7. The molecule has 0 nitrogen and oxygen atoms in total. The van der Waals surface area contributed by atoms with Crippen molar-refractivity contribution in [2.75, 3.05) is 0 Å². The van der Waals surface area contributed by atoms with Crippen LogP contribution in [0.2, 0.25) is 0 Å². The van der Waals surface area contributed by atoms with Crippen molar-refractivity contribution in [3.63, 3.8) is 0 Å². The highest BCUT2D eigenvalue weighted by Gasteiger charge is 2.14. The van der Waals surface area contributed by atoms with Crippen LogP contribution in [-0.4, -0.2) is 0 Å². The maximum atomic E-state index is 13.3. The van der Waals surface area contributed by atoms with E-state index in [1.54, 1.807) is 24.3 Å². The molecule has 0 radical (unpaired) electrons. The first-order valence-electron chi connectivity index (χ1n) is 4.19. The van der Waals surface area contributed by atoms with Crippen LogP contribution in [0, 0.1) is 17.7 Å². The van der Waals surface area contributed by atoms with Gasteiger partial charge >= 0.3 is 0 Å². The van der Waals surface area contributed by atoms with E-state index in [-0.39, 0.29) is 0 Å². The molecular formula is C12H7F2+. The molecule has 1 aromatic carbocycles. The van der Waals surface area contributed by atoms with E-state index >= 15 is 0 Å². The molecule has 2 heteroatoms. The molecule has 0 unspecified atom stereocenters. The van der Waals surface area contributed by atoms with Gasteiger partial charge < -0.3 is 0 Å². The van der Waals surface area contributed by atoms with Crippen LogP contribution in [-0.2, 0) is 0 Å². The van der Waals surface area contributed by atoms with Crippen LogP contribution in [0.15, 0.2) is 42.5 Å². The van der Waals surface area contributed by atoms with Crippen molar-refractivity contribution in [3.05, 3.63) is 65.8 Å². The third-order valence-corrected chi connectivity index (χ3v) is 1.93. The second kappa shape index (κ2) is 3.52. The molecule has 0 saturated carbocycles. The minimum absolute atomic E-state index is 0.368. The average Bonchev–Trinajstić information content (AvgIpc) is 2.19. The predicted molar refractivity (Wildman–Crippen MR) is 51.3 cm³/mol. The smallest absolute Gasteiger partial charge is 0.176 e. The first-order chi connectivity index (χ1) is 6.77. The van der Waals surface area contributed by atoms with E-state index < -0.39 is 11.6 Å². The average molecular weight is 189 g/mol. The maximum absolute atomic E-state index is 13.3. The van der Waals surface area contributed by atoms with E-state index in [0.29, 0.717) is 11.1 Å². The topological polar surface area (TPSA) is 0 Å². The van der Waals surface area contributed by atoms with Gasteiger partial charge in [0.2, 0.25) is 0 Å². The van der Waals surface area contributed by atoms with Gasteiger partial charge in [0.15, 0.2) is 11.4 Å². The second-order valence-electron chi connectivity index (χ2n) is 2.90. The number of rotatable bonds is 1. The number of hydrogen-bond donors (Lipinski definition) is 0. The van der Waals surface area contributed by atoms with E-state index in [1.807, 2.05) is 0 Å². The lowest BCUT2D eigenvalue weighted by Crippen LogP contribution is -1.90. The molecule has 0 amide bonds. The molecule has 0 spiro atoms. The Morgan fingerprint density at radius 1 is 1.07 bits per heavy atom. The molecule has 0 heterocycles. The number of hydrogen-bond acceptors (Lipinski definition) is 0. The van der Waals surface area contributed by atoms with E-state index in [4.69, 9.17) is 0 Å². The van der Waals surface area contributed by atoms with Crippen LogP contribution in [0.25, 0.3) is 5.57 Å². The minimum Gasteiger partial charge on any atom is -0.207 e. The summed E-state index contributed by atoms with van der Waals surface area (Å²) in [7, 11) is 0. The highest BCUT2D eigenvalue weighted by Crippen LogP contribution is 2.21. The summed E-state index contributed by atoms with van der Waals surface area (Å²) >= 11 is 0. The molecule has 0 N–H and O–H groups in total. The summed E-state index contributed by atoms with van der Waals surface area (Å²) in [6, 6.07) is 3.52. The van der Waals surface area contributed by atoms with Gasteiger partial charge in [0.25, 0.3) is 0 Å². The van der Waals surface area contributed by atoms with Crippen molar-refractivity contribution < 1.29 is 8.78 Å². The minimum atomic E-state index is -0.567. The Bertz CT molecular complexity index is 440. The Kier molecular flexibility index (Phi) is 2.21. The number of halogens is 2. The zero-order chi connectivity index (χ0) is 9.97. The van der Waals surface area contributed by atoms with Gasteiger partial charge in [-0.25, -0.2) is 4.39 Å². The standard InChI is InChI=1S/C12H7F2/c13-10-6-7-11(12(14)8-10)9-4-2-1-3-5-9/h1-4,6-8H/q+1. The number of benzene rings is 1. The van der Waals surface area contributed by atoms with E-state index in [1.165, 1.54) is 12.1 Å². The molecule has 2 rings (SSSR count). The largest absolute Gasteiger partial charge is 0.207 e. The van der Waals surface area contributed by atoms with Crippen LogP contribution in [0.5, 0.6) is 0 Å². The highest BCUT2D eigenvalue weighted by molar-refractivity contribution is 5.74.